The third-order valence-electron chi connectivity index (χ3n) is 1.50. The highest BCUT2D eigenvalue weighted by atomic mass is 35.5. The zero-order chi connectivity index (χ0) is 9.14. The van der Waals surface area contributed by atoms with Crippen LogP contribution in [0.5, 0.6) is 0 Å². The van der Waals surface area contributed by atoms with Crippen LogP contribution in [0.4, 0.5) is 4.39 Å². The predicted octanol–water partition coefficient (Wildman–Crippen LogP) is 2.69. The summed E-state index contributed by atoms with van der Waals surface area (Å²) in [4.78, 5) is 0.392. The smallest absolute Gasteiger partial charge is 0.143 e. The molecule has 0 radical (unpaired) electrons. The van der Waals surface area contributed by atoms with Gasteiger partial charge in [0, 0.05) is 5.56 Å². The first-order valence-corrected chi connectivity index (χ1v) is 4.92. The maximum atomic E-state index is 13.3. The molecule has 0 atom stereocenters. The molecule has 0 aliphatic carbocycles. The number of thioether (sulfide) groups is 1. The minimum absolute atomic E-state index is 0.281. The lowest BCUT2D eigenvalue weighted by molar-refractivity contribution is 0.275. The van der Waals surface area contributed by atoms with Gasteiger partial charge in [0.05, 0.1) is 16.5 Å². The molecule has 0 fully saturated rings. The average Bonchev–Trinajstić information content (AvgIpc) is 2.06. The highest BCUT2D eigenvalue weighted by Crippen LogP contribution is 2.29. The van der Waals surface area contributed by atoms with E-state index < -0.39 is 5.82 Å². The third-order valence-corrected chi connectivity index (χ3v) is 2.74. The number of benzene rings is 1. The van der Waals surface area contributed by atoms with Crippen LogP contribution in [0.25, 0.3) is 0 Å². The van der Waals surface area contributed by atoms with Crippen molar-refractivity contribution in [1.82, 2.24) is 0 Å². The van der Waals surface area contributed by atoms with E-state index in [-0.39, 0.29) is 12.2 Å². The number of aliphatic hydroxyl groups is 1. The monoisotopic (exact) mass is 206 g/mol. The van der Waals surface area contributed by atoms with Crippen LogP contribution in [0, 0.1) is 5.82 Å². The first-order chi connectivity index (χ1) is 5.70. The molecule has 12 heavy (non-hydrogen) atoms. The van der Waals surface area contributed by atoms with Crippen molar-refractivity contribution in [3.63, 3.8) is 0 Å². The topological polar surface area (TPSA) is 20.2 Å². The summed E-state index contributed by atoms with van der Waals surface area (Å²) in [6.45, 7) is -0.295. The van der Waals surface area contributed by atoms with Crippen LogP contribution in [0.1, 0.15) is 5.56 Å². The Kier molecular flexibility index (Phi) is 3.38. The molecular weight excluding hydrogens is 199 g/mol. The summed E-state index contributed by atoms with van der Waals surface area (Å²) in [5.41, 5.74) is 0.281. The minimum Gasteiger partial charge on any atom is -0.392 e. The summed E-state index contributed by atoms with van der Waals surface area (Å²) in [6.07, 6.45) is 1.74. The van der Waals surface area contributed by atoms with Crippen molar-refractivity contribution < 1.29 is 9.50 Å². The molecule has 0 unspecified atom stereocenters. The minimum atomic E-state index is -0.419. The van der Waals surface area contributed by atoms with Gasteiger partial charge in [-0.3, -0.25) is 0 Å². The molecule has 1 nitrogen and oxygen atoms in total. The second-order valence-electron chi connectivity index (χ2n) is 2.21. The highest BCUT2D eigenvalue weighted by Gasteiger charge is 2.10. The summed E-state index contributed by atoms with van der Waals surface area (Å²) in [6, 6.07) is 3.07. The van der Waals surface area contributed by atoms with Gasteiger partial charge in [0.15, 0.2) is 0 Å². The Morgan fingerprint density at radius 3 is 2.75 bits per heavy atom. The number of halogens is 2. The van der Waals surface area contributed by atoms with Gasteiger partial charge in [-0.25, -0.2) is 4.39 Å². The molecule has 0 aliphatic rings. The number of hydrogen-bond acceptors (Lipinski definition) is 2. The Morgan fingerprint density at radius 1 is 1.58 bits per heavy atom. The van der Waals surface area contributed by atoms with Crippen LogP contribution in [-0.2, 0) is 6.61 Å². The van der Waals surface area contributed by atoms with Crippen LogP contribution >= 0.6 is 23.4 Å². The summed E-state index contributed by atoms with van der Waals surface area (Å²) < 4.78 is 13.3. The summed E-state index contributed by atoms with van der Waals surface area (Å²) in [5, 5.41) is 9.12. The average molecular weight is 207 g/mol. The summed E-state index contributed by atoms with van der Waals surface area (Å²) in [5.74, 6) is -0.419. The van der Waals surface area contributed by atoms with Crippen LogP contribution < -0.4 is 0 Å². The van der Waals surface area contributed by atoms with Gasteiger partial charge in [0.25, 0.3) is 0 Å². The van der Waals surface area contributed by atoms with Gasteiger partial charge in [0.1, 0.15) is 5.82 Å². The third kappa shape index (κ3) is 1.73. The van der Waals surface area contributed by atoms with E-state index in [1.54, 1.807) is 12.3 Å². The molecule has 1 aromatic carbocycles. The predicted molar refractivity (Wildman–Crippen MR) is 49.1 cm³/mol. The normalized spacial score (nSPS) is 10.3. The molecule has 1 rings (SSSR count). The van der Waals surface area contributed by atoms with E-state index in [4.69, 9.17) is 16.7 Å². The van der Waals surface area contributed by atoms with E-state index in [1.165, 1.54) is 17.8 Å². The molecule has 0 heterocycles. The zero-order valence-electron chi connectivity index (χ0n) is 6.47. The summed E-state index contributed by atoms with van der Waals surface area (Å²) in [7, 11) is 0. The van der Waals surface area contributed by atoms with Crippen molar-refractivity contribution in [1.29, 1.82) is 0 Å². The number of hydrogen-bond donors (Lipinski definition) is 1. The molecule has 1 aromatic rings. The van der Waals surface area contributed by atoms with E-state index in [0.717, 1.165) is 0 Å². The molecule has 0 aromatic heterocycles. The van der Waals surface area contributed by atoms with Crippen molar-refractivity contribution >= 4 is 23.4 Å². The van der Waals surface area contributed by atoms with Gasteiger partial charge in [-0.05, 0) is 12.3 Å². The molecule has 66 valence electrons. The lowest BCUT2D eigenvalue weighted by atomic mass is 10.2. The van der Waals surface area contributed by atoms with Crippen molar-refractivity contribution in [3.8, 4) is 0 Å². The molecule has 0 saturated carbocycles. The number of rotatable bonds is 2. The maximum absolute atomic E-state index is 13.3. The van der Waals surface area contributed by atoms with E-state index in [0.29, 0.717) is 9.92 Å². The first-order valence-electron chi connectivity index (χ1n) is 3.32. The lowest BCUT2D eigenvalue weighted by Gasteiger charge is -2.05. The quantitative estimate of drug-likeness (QED) is 0.751. The van der Waals surface area contributed by atoms with Gasteiger partial charge < -0.3 is 5.11 Å². The van der Waals surface area contributed by atoms with Crippen LogP contribution in [0.15, 0.2) is 17.0 Å². The highest BCUT2D eigenvalue weighted by molar-refractivity contribution is 7.98. The summed E-state index contributed by atoms with van der Waals surface area (Å²) >= 11 is 6.95. The van der Waals surface area contributed by atoms with Crippen LogP contribution in [-0.4, -0.2) is 11.4 Å². The van der Waals surface area contributed by atoms with E-state index in [2.05, 4.69) is 0 Å². The van der Waals surface area contributed by atoms with Gasteiger partial charge in [0.2, 0.25) is 0 Å². The SMILES string of the molecule is CSc1c(Cl)ccc(CO)c1F. The molecule has 0 amide bonds. The van der Waals surface area contributed by atoms with E-state index in [9.17, 15) is 4.39 Å². The molecule has 0 bridgehead atoms. The number of aliphatic hydroxyl groups excluding tert-OH is 1. The van der Waals surface area contributed by atoms with Crippen molar-refractivity contribution in [2.45, 2.75) is 11.5 Å². The Bertz CT molecular complexity index is 291. The lowest BCUT2D eigenvalue weighted by Crippen LogP contribution is -1.92. The Labute approximate surface area is 79.5 Å². The Hall–Kier alpha value is -0.250. The first kappa shape index (κ1) is 9.84. The van der Waals surface area contributed by atoms with Gasteiger partial charge in [-0.1, -0.05) is 17.7 Å². The van der Waals surface area contributed by atoms with Crippen molar-refractivity contribution in [2.24, 2.45) is 0 Å². The van der Waals surface area contributed by atoms with Crippen LogP contribution in [0.2, 0.25) is 5.02 Å². The standard InChI is InChI=1S/C8H8ClFOS/c1-12-8-6(9)3-2-5(4-11)7(8)10/h2-3,11H,4H2,1H3. The molecule has 0 aliphatic heterocycles. The van der Waals surface area contributed by atoms with Crippen molar-refractivity contribution in [2.75, 3.05) is 6.26 Å². The van der Waals surface area contributed by atoms with Crippen LogP contribution in [0.3, 0.4) is 0 Å². The largest absolute Gasteiger partial charge is 0.392 e. The second-order valence-corrected chi connectivity index (χ2v) is 3.44. The Morgan fingerprint density at radius 2 is 2.25 bits per heavy atom. The van der Waals surface area contributed by atoms with Crippen molar-refractivity contribution in [3.05, 3.63) is 28.5 Å². The molecule has 4 heteroatoms. The molecule has 0 saturated heterocycles. The van der Waals surface area contributed by atoms with E-state index >= 15 is 0 Å². The molecule has 1 N–H and O–H groups in total. The zero-order valence-corrected chi connectivity index (χ0v) is 8.05. The fourth-order valence-corrected chi connectivity index (χ4v) is 1.83. The molecular formula is C8H8ClFOS. The van der Waals surface area contributed by atoms with Gasteiger partial charge in [-0.15, -0.1) is 11.8 Å². The van der Waals surface area contributed by atoms with Gasteiger partial charge >= 0.3 is 0 Å². The van der Waals surface area contributed by atoms with E-state index in [1.807, 2.05) is 0 Å². The fraction of sp³-hybridized carbons (Fsp3) is 0.250. The molecule has 0 spiro atoms. The van der Waals surface area contributed by atoms with Gasteiger partial charge in [-0.2, -0.15) is 0 Å². The second kappa shape index (κ2) is 4.12. The maximum Gasteiger partial charge on any atom is 0.143 e. The fourth-order valence-electron chi connectivity index (χ4n) is 0.882. The Balaban J connectivity index is 3.24.